The van der Waals surface area contributed by atoms with Crippen LogP contribution < -0.4 is 5.32 Å². The van der Waals surface area contributed by atoms with E-state index in [1.807, 2.05) is 56.6 Å². The van der Waals surface area contributed by atoms with Crippen molar-refractivity contribution < 1.29 is 5.11 Å². The summed E-state index contributed by atoms with van der Waals surface area (Å²) in [5, 5.41) is 15.3. The van der Waals surface area contributed by atoms with Gasteiger partial charge in [-0.25, -0.2) is 0 Å². The van der Waals surface area contributed by atoms with Crippen LogP contribution in [-0.4, -0.2) is 60.5 Å². The lowest BCUT2D eigenvalue weighted by molar-refractivity contribution is 0.0769. The van der Waals surface area contributed by atoms with Crippen molar-refractivity contribution in [1.82, 2.24) is 9.80 Å². The number of anilines is 1. The topological polar surface area (TPSA) is 51.1 Å². The third-order valence-corrected chi connectivity index (χ3v) is 7.07. The number of rotatable bonds is 8. The average Bonchev–Trinajstić information content (AvgIpc) is 3.24. The normalized spacial score (nSPS) is 18.1. The van der Waals surface area contributed by atoms with Gasteiger partial charge in [0.25, 0.3) is 0 Å². The maximum Gasteiger partial charge on any atom is 0.133 e. The Labute approximate surface area is 216 Å². The minimum atomic E-state index is -0.457. The Morgan fingerprint density at radius 3 is 2.49 bits per heavy atom. The van der Waals surface area contributed by atoms with Crippen molar-refractivity contribution in [2.45, 2.75) is 59.1 Å². The van der Waals surface area contributed by atoms with Crippen molar-refractivity contribution in [2.24, 2.45) is 4.99 Å². The molecule has 6 heteroatoms. The highest BCUT2D eigenvalue weighted by Gasteiger charge is 2.30. The van der Waals surface area contributed by atoms with Gasteiger partial charge in [0.1, 0.15) is 10.8 Å². The molecule has 1 aliphatic heterocycles. The predicted molar refractivity (Wildman–Crippen MR) is 154 cm³/mol. The van der Waals surface area contributed by atoms with E-state index in [0.29, 0.717) is 6.42 Å². The van der Waals surface area contributed by atoms with Gasteiger partial charge in [0.15, 0.2) is 0 Å². The van der Waals surface area contributed by atoms with Crippen LogP contribution in [0.2, 0.25) is 0 Å². The van der Waals surface area contributed by atoms with Gasteiger partial charge < -0.3 is 15.3 Å². The minimum absolute atomic E-state index is 0.266. The first-order chi connectivity index (χ1) is 16.9. The largest absolute Gasteiger partial charge is 0.388 e. The summed E-state index contributed by atoms with van der Waals surface area (Å²) in [5.74, 6) is 1.02. The molecular weight excluding hydrogens is 452 g/mol. The van der Waals surface area contributed by atoms with E-state index in [1.165, 1.54) is 17.7 Å². The first kappa shape index (κ1) is 28.8. The molecule has 35 heavy (non-hydrogen) atoms. The molecule has 2 aromatic rings. The number of benzene rings is 1. The number of allylic oxidation sites excluding steroid dienone is 3. The number of aliphatic imine (C=N–C) groups is 1. The molecule has 1 aromatic carbocycles. The van der Waals surface area contributed by atoms with E-state index in [0.717, 1.165) is 41.6 Å². The van der Waals surface area contributed by atoms with Crippen LogP contribution in [0.15, 0.2) is 65.8 Å². The second kappa shape index (κ2) is 15.6. The summed E-state index contributed by atoms with van der Waals surface area (Å²) < 4.78 is 0. The fraction of sp³-hybridized carbons (Fsp3) is 0.483. The molecule has 5 nitrogen and oxygen atoms in total. The molecule has 0 amide bonds. The molecule has 3 rings (SSSR count). The molecule has 0 saturated carbocycles. The number of likely N-dealkylation sites (N-methyl/N-ethyl adjacent to an activating group) is 1. The number of nitrogens with one attached hydrogen (secondary N) is 1. The number of piperazine rings is 1. The van der Waals surface area contributed by atoms with E-state index in [2.05, 4.69) is 66.1 Å². The second-order valence-electron chi connectivity index (χ2n) is 8.82. The van der Waals surface area contributed by atoms with Crippen LogP contribution in [0.4, 0.5) is 5.00 Å². The van der Waals surface area contributed by atoms with Gasteiger partial charge in [-0.15, -0.1) is 11.3 Å². The maximum atomic E-state index is 10.7. The molecule has 1 saturated heterocycles. The van der Waals surface area contributed by atoms with Gasteiger partial charge in [0.2, 0.25) is 0 Å². The zero-order valence-corrected chi connectivity index (χ0v) is 23.2. The third-order valence-electron chi connectivity index (χ3n) is 6.08. The number of amidine groups is 1. The molecule has 2 atom stereocenters. The van der Waals surface area contributed by atoms with Crippen LogP contribution >= 0.6 is 11.3 Å². The Kier molecular flexibility index (Phi) is 12.8. The number of thiophene rings is 1. The number of hydrogen-bond acceptors (Lipinski definition) is 5. The lowest BCUT2D eigenvalue weighted by Crippen LogP contribution is -2.53. The lowest BCUT2D eigenvalue weighted by Gasteiger charge is -2.41. The summed E-state index contributed by atoms with van der Waals surface area (Å²) in [6, 6.07) is 12.4. The number of nitrogens with zero attached hydrogens (tertiary/aromatic N) is 3. The highest BCUT2D eigenvalue weighted by molar-refractivity contribution is 7.16. The van der Waals surface area contributed by atoms with Gasteiger partial charge in [-0.3, -0.25) is 9.89 Å². The molecule has 0 aliphatic carbocycles. The Bertz CT molecular complexity index is 945. The van der Waals surface area contributed by atoms with Gasteiger partial charge in [-0.05, 0) is 58.0 Å². The average molecular weight is 497 g/mol. The van der Waals surface area contributed by atoms with E-state index < -0.39 is 6.10 Å². The molecule has 1 fully saturated rings. The smallest absolute Gasteiger partial charge is 0.133 e. The summed E-state index contributed by atoms with van der Waals surface area (Å²) in [5.41, 5.74) is 2.13. The number of aliphatic hydroxyl groups excluding tert-OH is 1. The van der Waals surface area contributed by atoms with Gasteiger partial charge in [0, 0.05) is 37.6 Å². The minimum Gasteiger partial charge on any atom is -0.388 e. The Morgan fingerprint density at radius 2 is 1.89 bits per heavy atom. The van der Waals surface area contributed by atoms with Crippen LogP contribution in [0.5, 0.6) is 0 Å². The molecule has 1 aliphatic rings. The fourth-order valence-corrected chi connectivity index (χ4v) is 5.06. The van der Waals surface area contributed by atoms with E-state index in [9.17, 15) is 5.11 Å². The van der Waals surface area contributed by atoms with E-state index >= 15 is 0 Å². The summed E-state index contributed by atoms with van der Waals surface area (Å²) in [6.45, 7) is 11.2. The molecule has 0 bridgehead atoms. The van der Waals surface area contributed by atoms with Gasteiger partial charge >= 0.3 is 0 Å². The van der Waals surface area contributed by atoms with E-state index in [1.54, 1.807) is 11.3 Å². The van der Waals surface area contributed by atoms with Crippen LogP contribution in [0, 0.1) is 6.92 Å². The molecule has 192 valence electrons. The molecule has 2 N–H and O–H groups in total. The van der Waals surface area contributed by atoms with Gasteiger partial charge in [0.05, 0.1) is 11.7 Å². The summed E-state index contributed by atoms with van der Waals surface area (Å²) in [7, 11) is 4.02. The van der Waals surface area contributed by atoms with Crippen LogP contribution in [0.1, 0.15) is 62.1 Å². The van der Waals surface area contributed by atoms with E-state index in [4.69, 9.17) is 0 Å². The van der Waals surface area contributed by atoms with Gasteiger partial charge in [-0.2, -0.15) is 0 Å². The Morgan fingerprint density at radius 1 is 1.20 bits per heavy atom. The highest BCUT2D eigenvalue weighted by Crippen LogP contribution is 2.30. The van der Waals surface area contributed by atoms with Crippen molar-refractivity contribution in [3.8, 4) is 0 Å². The third kappa shape index (κ3) is 8.95. The Hall–Kier alpha value is -2.41. The zero-order valence-electron chi connectivity index (χ0n) is 22.4. The Balaban J connectivity index is 0.000000641. The predicted octanol–water partition coefficient (Wildman–Crippen LogP) is 6.48. The quantitative estimate of drug-likeness (QED) is 0.249. The summed E-state index contributed by atoms with van der Waals surface area (Å²) in [4.78, 5) is 10.6. The fourth-order valence-electron chi connectivity index (χ4n) is 4.17. The molecule has 2 unspecified atom stereocenters. The zero-order chi connectivity index (χ0) is 25.6. The maximum absolute atomic E-state index is 10.7. The van der Waals surface area contributed by atoms with Crippen LogP contribution in [0.3, 0.4) is 0 Å². The monoisotopic (exact) mass is 496 g/mol. The number of hydrogen-bond donors (Lipinski definition) is 2. The van der Waals surface area contributed by atoms with E-state index in [-0.39, 0.29) is 6.04 Å². The van der Waals surface area contributed by atoms with Crippen molar-refractivity contribution in [2.75, 3.05) is 39.0 Å². The number of aliphatic hydroxyl groups is 1. The summed E-state index contributed by atoms with van der Waals surface area (Å²) >= 11 is 1.75. The first-order valence-corrected chi connectivity index (χ1v) is 13.5. The van der Waals surface area contributed by atoms with Gasteiger partial charge in [-0.1, -0.05) is 62.4 Å². The SMILES string of the molecule is C/C=C/Nc1sc(C)cc1C(=NC)N1CCN(C)C(CC(O)c2ccccc2)C1.CC/C=C\CC. The van der Waals surface area contributed by atoms with Crippen molar-refractivity contribution in [1.29, 1.82) is 0 Å². The second-order valence-corrected chi connectivity index (χ2v) is 10.1. The summed E-state index contributed by atoms with van der Waals surface area (Å²) in [6.07, 6.45) is 10.9. The molecule has 0 radical (unpaired) electrons. The molecule has 0 spiro atoms. The van der Waals surface area contributed by atoms with Crippen molar-refractivity contribution in [3.05, 3.63) is 76.8 Å². The molecule has 2 heterocycles. The highest BCUT2D eigenvalue weighted by atomic mass is 32.1. The van der Waals surface area contributed by atoms with Crippen LogP contribution in [-0.2, 0) is 0 Å². The first-order valence-electron chi connectivity index (χ1n) is 12.7. The lowest BCUT2D eigenvalue weighted by atomic mass is 9.99. The molecule has 1 aromatic heterocycles. The standard InChI is InChI=1S/C23H32N4OS.C6H12/c1-5-11-25-23-20(14-17(2)29-23)22(24-3)27-13-12-26(4)19(16-27)15-21(28)18-9-7-6-8-10-18;1-3-5-6-4-2/h5-11,14,19,21,25,28H,12-13,15-16H2,1-4H3;5-6H,3-4H2,1-2H3/b11-5+,24-22?;6-5-. The van der Waals surface area contributed by atoms with Crippen molar-refractivity contribution in [3.63, 3.8) is 0 Å². The number of aryl methyl sites for hydroxylation is 1. The van der Waals surface area contributed by atoms with Crippen molar-refractivity contribution >= 4 is 22.2 Å². The molecular formula is C29H44N4OS. The van der Waals surface area contributed by atoms with Crippen LogP contribution in [0.25, 0.3) is 0 Å².